The van der Waals surface area contributed by atoms with E-state index in [0.717, 1.165) is 6.42 Å². The van der Waals surface area contributed by atoms with Crippen LogP contribution >= 0.6 is 0 Å². The largest absolute Gasteiger partial charge is 0.396 e. The van der Waals surface area contributed by atoms with E-state index in [4.69, 9.17) is 5.73 Å². The highest BCUT2D eigenvalue weighted by molar-refractivity contribution is 4.95. The second-order valence-corrected chi connectivity index (χ2v) is 5.10. The molecular formula is C12H25NO. The molecule has 2 heteroatoms. The molecule has 14 heavy (non-hydrogen) atoms. The van der Waals surface area contributed by atoms with E-state index in [9.17, 15) is 5.11 Å². The summed E-state index contributed by atoms with van der Waals surface area (Å²) in [7, 11) is 0. The van der Waals surface area contributed by atoms with Crippen LogP contribution in [-0.2, 0) is 0 Å². The van der Waals surface area contributed by atoms with Crippen molar-refractivity contribution in [2.45, 2.75) is 46.0 Å². The Bertz CT molecular complexity index is 162. The van der Waals surface area contributed by atoms with Crippen molar-refractivity contribution in [2.24, 2.45) is 23.0 Å². The zero-order chi connectivity index (χ0) is 10.6. The average molecular weight is 199 g/mol. The van der Waals surface area contributed by atoms with Gasteiger partial charge in [-0.3, -0.25) is 0 Å². The standard InChI is InChI=1S/C12H25NO/c1-3-4-10(2)7-12(8-13,9-14)11-5-6-11/h10-11,14H,3-9,13H2,1-2H3. The summed E-state index contributed by atoms with van der Waals surface area (Å²) in [5, 5.41) is 9.52. The van der Waals surface area contributed by atoms with Crippen molar-refractivity contribution in [1.29, 1.82) is 0 Å². The van der Waals surface area contributed by atoms with Crippen molar-refractivity contribution in [2.75, 3.05) is 13.2 Å². The summed E-state index contributed by atoms with van der Waals surface area (Å²) < 4.78 is 0. The van der Waals surface area contributed by atoms with E-state index in [1.807, 2.05) is 0 Å². The molecule has 3 N–H and O–H groups in total. The quantitative estimate of drug-likeness (QED) is 0.660. The lowest BCUT2D eigenvalue weighted by molar-refractivity contribution is 0.0815. The maximum absolute atomic E-state index is 9.52. The molecule has 0 bridgehead atoms. The van der Waals surface area contributed by atoms with Crippen molar-refractivity contribution < 1.29 is 5.11 Å². The Hall–Kier alpha value is -0.0800. The van der Waals surface area contributed by atoms with Gasteiger partial charge in [0.2, 0.25) is 0 Å². The average Bonchev–Trinajstić information content (AvgIpc) is 2.98. The smallest absolute Gasteiger partial charge is 0.0502 e. The first-order chi connectivity index (χ1) is 6.68. The number of aliphatic hydroxyl groups is 1. The third-order valence-electron chi connectivity index (χ3n) is 3.70. The highest BCUT2D eigenvalue weighted by Crippen LogP contribution is 2.48. The monoisotopic (exact) mass is 199 g/mol. The Morgan fingerprint density at radius 1 is 1.50 bits per heavy atom. The maximum atomic E-state index is 9.52. The van der Waals surface area contributed by atoms with Gasteiger partial charge in [-0.05, 0) is 31.1 Å². The molecule has 0 radical (unpaired) electrons. The SMILES string of the molecule is CCCC(C)CC(CN)(CO)C1CC1. The van der Waals surface area contributed by atoms with Gasteiger partial charge in [-0.1, -0.05) is 26.7 Å². The summed E-state index contributed by atoms with van der Waals surface area (Å²) >= 11 is 0. The topological polar surface area (TPSA) is 46.2 Å². The molecule has 0 amide bonds. The van der Waals surface area contributed by atoms with Crippen LogP contribution in [0, 0.1) is 17.3 Å². The first kappa shape index (κ1) is 12.0. The van der Waals surface area contributed by atoms with Crippen molar-refractivity contribution in [3.63, 3.8) is 0 Å². The van der Waals surface area contributed by atoms with Gasteiger partial charge in [-0.2, -0.15) is 0 Å². The minimum absolute atomic E-state index is 0.0502. The van der Waals surface area contributed by atoms with Crippen LogP contribution < -0.4 is 5.73 Å². The second-order valence-electron chi connectivity index (χ2n) is 5.10. The molecule has 0 spiro atoms. The van der Waals surface area contributed by atoms with Gasteiger partial charge in [0.05, 0.1) is 6.61 Å². The van der Waals surface area contributed by atoms with Gasteiger partial charge in [0.25, 0.3) is 0 Å². The molecule has 2 unspecified atom stereocenters. The molecule has 2 nitrogen and oxygen atoms in total. The fraction of sp³-hybridized carbons (Fsp3) is 1.00. The van der Waals surface area contributed by atoms with Crippen LogP contribution in [0.1, 0.15) is 46.0 Å². The number of nitrogens with two attached hydrogens (primary N) is 1. The van der Waals surface area contributed by atoms with E-state index in [1.165, 1.54) is 25.7 Å². The van der Waals surface area contributed by atoms with Crippen LogP contribution in [0.25, 0.3) is 0 Å². The van der Waals surface area contributed by atoms with Crippen LogP contribution in [0.5, 0.6) is 0 Å². The zero-order valence-corrected chi connectivity index (χ0v) is 9.63. The number of hydrogen-bond donors (Lipinski definition) is 2. The highest BCUT2D eigenvalue weighted by Gasteiger charge is 2.44. The van der Waals surface area contributed by atoms with E-state index in [0.29, 0.717) is 18.4 Å². The molecule has 84 valence electrons. The van der Waals surface area contributed by atoms with E-state index < -0.39 is 0 Å². The molecule has 0 aromatic rings. The van der Waals surface area contributed by atoms with E-state index in [1.54, 1.807) is 0 Å². The van der Waals surface area contributed by atoms with Crippen molar-refractivity contribution in [3.05, 3.63) is 0 Å². The molecule has 1 aliphatic rings. The molecule has 0 aromatic carbocycles. The summed E-state index contributed by atoms with van der Waals surface area (Å²) in [5.74, 6) is 1.41. The molecule has 0 heterocycles. The predicted octanol–water partition coefficient (Wildman–Crippen LogP) is 2.16. The first-order valence-electron chi connectivity index (χ1n) is 5.99. The Labute approximate surface area is 87.9 Å². The fourth-order valence-electron chi connectivity index (χ4n) is 2.66. The van der Waals surface area contributed by atoms with Crippen LogP contribution in [0.4, 0.5) is 0 Å². The number of aliphatic hydroxyl groups excluding tert-OH is 1. The van der Waals surface area contributed by atoms with Gasteiger partial charge in [0, 0.05) is 12.0 Å². The molecule has 1 saturated carbocycles. The molecule has 1 rings (SSSR count). The molecular weight excluding hydrogens is 174 g/mol. The summed E-state index contributed by atoms with van der Waals surface area (Å²) in [6.07, 6.45) is 6.15. The van der Waals surface area contributed by atoms with E-state index >= 15 is 0 Å². The minimum Gasteiger partial charge on any atom is -0.396 e. The van der Waals surface area contributed by atoms with Gasteiger partial charge in [0.1, 0.15) is 0 Å². The molecule has 0 aromatic heterocycles. The molecule has 0 saturated heterocycles. The Morgan fingerprint density at radius 3 is 2.50 bits per heavy atom. The van der Waals surface area contributed by atoms with Gasteiger partial charge in [-0.15, -0.1) is 0 Å². The van der Waals surface area contributed by atoms with Gasteiger partial charge in [0.15, 0.2) is 0 Å². The molecule has 1 fully saturated rings. The zero-order valence-electron chi connectivity index (χ0n) is 9.63. The minimum atomic E-state index is 0.0502. The third kappa shape index (κ3) is 2.71. The lowest BCUT2D eigenvalue weighted by Crippen LogP contribution is -2.38. The van der Waals surface area contributed by atoms with Crippen LogP contribution in [0.15, 0.2) is 0 Å². The van der Waals surface area contributed by atoms with Crippen LogP contribution in [0.3, 0.4) is 0 Å². The lowest BCUT2D eigenvalue weighted by Gasteiger charge is -2.33. The summed E-state index contributed by atoms with van der Waals surface area (Å²) in [5.41, 5.74) is 5.89. The van der Waals surface area contributed by atoms with Gasteiger partial charge < -0.3 is 10.8 Å². The molecule has 2 atom stereocenters. The third-order valence-corrected chi connectivity index (χ3v) is 3.70. The van der Waals surface area contributed by atoms with Crippen molar-refractivity contribution in [1.82, 2.24) is 0 Å². The highest BCUT2D eigenvalue weighted by atomic mass is 16.3. The van der Waals surface area contributed by atoms with Crippen LogP contribution in [0.2, 0.25) is 0 Å². The van der Waals surface area contributed by atoms with Crippen molar-refractivity contribution >= 4 is 0 Å². The fourth-order valence-corrected chi connectivity index (χ4v) is 2.66. The second kappa shape index (κ2) is 5.13. The van der Waals surface area contributed by atoms with Crippen molar-refractivity contribution in [3.8, 4) is 0 Å². The summed E-state index contributed by atoms with van der Waals surface area (Å²) in [4.78, 5) is 0. The molecule has 1 aliphatic carbocycles. The van der Waals surface area contributed by atoms with Gasteiger partial charge in [-0.25, -0.2) is 0 Å². The van der Waals surface area contributed by atoms with E-state index in [-0.39, 0.29) is 12.0 Å². The van der Waals surface area contributed by atoms with Gasteiger partial charge >= 0.3 is 0 Å². The number of hydrogen-bond acceptors (Lipinski definition) is 2. The molecule has 0 aliphatic heterocycles. The Balaban J connectivity index is 2.49. The normalized spacial score (nSPS) is 23.1. The van der Waals surface area contributed by atoms with E-state index in [2.05, 4.69) is 13.8 Å². The van der Waals surface area contributed by atoms with Crippen LogP contribution in [-0.4, -0.2) is 18.3 Å². The Morgan fingerprint density at radius 2 is 2.14 bits per heavy atom. The number of rotatable bonds is 7. The predicted molar refractivity (Wildman–Crippen MR) is 60.0 cm³/mol. The Kier molecular flexibility index (Phi) is 4.39. The lowest BCUT2D eigenvalue weighted by atomic mass is 9.75. The summed E-state index contributed by atoms with van der Waals surface area (Å²) in [6.45, 7) is 5.44. The summed E-state index contributed by atoms with van der Waals surface area (Å²) in [6, 6.07) is 0. The first-order valence-corrected chi connectivity index (χ1v) is 5.99. The maximum Gasteiger partial charge on any atom is 0.0502 e.